The lowest BCUT2D eigenvalue weighted by molar-refractivity contribution is 0.520. The molecular weight excluding hydrogens is 278 g/mol. The second-order valence-corrected chi connectivity index (χ2v) is 4.72. The molecular formula is C11H16FI. The van der Waals surface area contributed by atoms with E-state index in [9.17, 15) is 4.39 Å². The van der Waals surface area contributed by atoms with Gasteiger partial charge in [0.2, 0.25) is 0 Å². The molecule has 0 amide bonds. The van der Waals surface area contributed by atoms with Crippen LogP contribution in [0, 0.1) is 5.92 Å². The molecule has 0 aliphatic heterocycles. The molecule has 0 heterocycles. The summed E-state index contributed by atoms with van der Waals surface area (Å²) in [6.45, 7) is 2.19. The van der Waals surface area contributed by atoms with Crippen molar-refractivity contribution in [3.05, 3.63) is 21.6 Å². The molecule has 0 aromatic heterocycles. The molecule has 1 unspecified atom stereocenters. The van der Waals surface area contributed by atoms with Crippen LogP contribution < -0.4 is 0 Å². The third kappa shape index (κ3) is 3.79. The number of unbranched alkanes of at least 4 members (excludes halogenated alkanes) is 2. The molecule has 1 atom stereocenters. The highest BCUT2D eigenvalue weighted by Crippen LogP contribution is 2.30. The third-order valence-electron chi connectivity index (χ3n) is 2.39. The molecule has 0 spiro atoms. The Hall–Kier alpha value is 0.140. The Morgan fingerprint density at radius 3 is 2.92 bits per heavy atom. The smallest absolute Gasteiger partial charge is 0.132 e. The van der Waals surface area contributed by atoms with Gasteiger partial charge in [-0.25, -0.2) is 4.39 Å². The third-order valence-corrected chi connectivity index (χ3v) is 3.34. The first kappa shape index (κ1) is 11.2. The van der Waals surface area contributed by atoms with Crippen molar-refractivity contribution >= 4 is 22.6 Å². The van der Waals surface area contributed by atoms with Gasteiger partial charge in [0.25, 0.3) is 0 Å². The molecule has 13 heavy (non-hydrogen) atoms. The molecule has 0 nitrogen and oxygen atoms in total. The van der Waals surface area contributed by atoms with Crippen LogP contribution in [0.2, 0.25) is 0 Å². The standard InChI is InChI=1S/C11H16FI/c1-2-3-4-5-9-6-7-11(13)10(12)8-9/h7-9H,2-6H2,1H3. The van der Waals surface area contributed by atoms with E-state index in [-0.39, 0.29) is 5.83 Å². The van der Waals surface area contributed by atoms with Crippen molar-refractivity contribution in [2.24, 2.45) is 5.92 Å². The van der Waals surface area contributed by atoms with Crippen LogP contribution in [0.25, 0.3) is 0 Å². The summed E-state index contributed by atoms with van der Waals surface area (Å²) in [7, 11) is 0. The van der Waals surface area contributed by atoms with E-state index in [0.717, 1.165) is 16.4 Å². The predicted octanol–water partition coefficient (Wildman–Crippen LogP) is 4.76. The highest BCUT2D eigenvalue weighted by Gasteiger charge is 2.13. The number of hydrogen-bond donors (Lipinski definition) is 0. The van der Waals surface area contributed by atoms with E-state index in [1.54, 1.807) is 6.08 Å². The Balaban J connectivity index is 2.31. The van der Waals surface area contributed by atoms with Crippen molar-refractivity contribution in [2.45, 2.75) is 39.0 Å². The van der Waals surface area contributed by atoms with Crippen LogP contribution in [-0.4, -0.2) is 0 Å². The van der Waals surface area contributed by atoms with Crippen molar-refractivity contribution in [1.29, 1.82) is 0 Å². The van der Waals surface area contributed by atoms with Crippen LogP contribution >= 0.6 is 22.6 Å². The molecule has 0 aromatic carbocycles. The first-order valence-corrected chi connectivity index (χ1v) is 6.05. The first-order chi connectivity index (χ1) is 6.24. The summed E-state index contributed by atoms with van der Waals surface area (Å²) in [5.41, 5.74) is 0. The number of allylic oxidation sites excluding steroid dienone is 4. The van der Waals surface area contributed by atoms with Gasteiger partial charge in [0.15, 0.2) is 0 Å². The van der Waals surface area contributed by atoms with Crippen molar-refractivity contribution in [2.75, 3.05) is 0 Å². The van der Waals surface area contributed by atoms with Gasteiger partial charge in [0.05, 0.1) is 0 Å². The molecule has 0 saturated heterocycles. The average Bonchev–Trinajstić information content (AvgIpc) is 2.12. The number of halogens is 2. The fourth-order valence-corrected chi connectivity index (χ4v) is 2.00. The monoisotopic (exact) mass is 294 g/mol. The minimum atomic E-state index is -0.0200. The van der Waals surface area contributed by atoms with Crippen LogP contribution in [0.3, 0.4) is 0 Å². The van der Waals surface area contributed by atoms with Gasteiger partial charge in [-0.15, -0.1) is 0 Å². The Labute approximate surface area is 93.4 Å². The molecule has 0 N–H and O–H groups in total. The van der Waals surface area contributed by atoms with Gasteiger partial charge < -0.3 is 0 Å². The molecule has 0 saturated carbocycles. The van der Waals surface area contributed by atoms with Gasteiger partial charge >= 0.3 is 0 Å². The van der Waals surface area contributed by atoms with E-state index in [2.05, 4.69) is 29.5 Å². The van der Waals surface area contributed by atoms with Crippen molar-refractivity contribution < 1.29 is 4.39 Å². The maximum atomic E-state index is 13.1. The van der Waals surface area contributed by atoms with Crippen LogP contribution in [0.4, 0.5) is 4.39 Å². The summed E-state index contributed by atoms with van der Waals surface area (Å²) in [5.74, 6) is 0.429. The van der Waals surface area contributed by atoms with Crippen LogP contribution in [0.1, 0.15) is 39.0 Å². The van der Waals surface area contributed by atoms with Crippen LogP contribution in [-0.2, 0) is 0 Å². The highest BCUT2D eigenvalue weighted by atomic mass is 127. The summed E-state index contributed by atoms with van der Waals surface area (Å²) in [5, 5.41) is 0. The van der Waals surface area contributed by atoms with E-state index in [4.69, 9.17) is 0 Å². The zero-order valence-corrected chi connectivity index (χ0v) is 10.2. The van der Waals surface area contributed by atoms with Crippen molar-refractivity contribution in [3.63, 3.8) is 0 Å². The van der Waals surface area contributed by atoms with Crippen molar-refractivity contribution in [1.82, 2.24) is 0 Å². The predicted molar refractivity (Wildman–Crippen MR) is 63.5 cm³/mol. The van der Waals surface area contributed by atoms with E-state index < -0.39 is 0 Å². The Morgan fingerprint density at radius 2 is 2.31 bits per heavy atom. The second kappa shape index (κ2) is 5.78. The fourth-order valence-electron chi connectivity index (χ4n) is 1.56. The van der Waals surface area contributed by atoms with E-state index in [0.29, 0.717) is 5.92 Å². The lowest BCUT2D eigenvalue weighted by Gasteiger charge is -2.14. The van der Waals surface area contributed by atoms with E-state index >= 15 is 0 Å². The average molecular weight is 294 g/mol. The summed E-state index contributed by atoms with van der Waals surface area (Å²) in [6.07, 6.45) is 9.70. The molecule has 0 fully saturated rings. The minimum absolute atomic E-state index is 0.0200. The molecule has 0 aromatic rings. The molecule has 0 bridgehead atoms. The summed E-state index contributed by atoms with van der Waals surface area (Å²) in [6, 6.07) is 0. The fraction of sp³-hybridized carbons (Fsp3) is 0.636. The van der Waals surface area contributed by atoms with E-state index in [1.165, 1.54) is 19.3 Å². The van der Waals surface area contributed by atoms with Crippen LogP contribution in [0.5, 0.6) is 0 Å². The summed E-state index contributed by atoms with van der Waals surface area (Å²) >= 11 is 2.06. The van der Waals surface area contributed by atoms with Gasteiger partial charge in [0, 0.05) is 3.58 Å². The zero-order valence-electron chi connectivity index (χ0n) is 8.02. The Bertz CT molecular complexity index is 218. The quantitative estimate of drug-likeness (QED) is 0.518. The zero-order chi connectivity index (χ0) is 9.68. The first-order valence-electron chi connectivity index (χ1n) is 4.97. The maximum absolute atomic E-state index is 13.1. The highest BCUT2D eigenvalue weighted by molar-refractivity contribution is 14.1. The Kier molecular flexibility index (Phi) is 4.99. The summed E-state index contributed by atoms with van der Waals surface area (Å²) < 4.78 is 13.9. The second-order valence-electron chi connectivity index (χ2n) is 3.56. The molecule has 0 radical (unpaired) electrons. The molecule has 74 valence electrons. The number of rotatable bonds is 4. The van der Waals surface area contributed by atoms with Gasteiger partial charge in [-0.1, -0.05) is 32.3 Å². The largest absolute Gasteiger partial charge is 0.206 e. The molecule has 2 heteroatoms. The lowest BCUT2D eigenvalue weighted by Crippen LogP contribution is -2.00. The van der Waals surface area contributed by atoms with Gasteiger partial charge in [-0.05, 0) is 47.4 Å². The molecule has 1 rings (SSSR count). The van der Waals surface area contributed by atoms with E-state index in [1.807, 2.05) is 6.08 Å². The SMILES string of the molecule is CCCCCC1C=C(F)C(I)=CC1. The van der Waals surface area contributed by atoms with Gasteiger partial charge in [-0.3, -0.25) is 0 Å². The van der Waals surface area contributed by atoms with Crippen LogP contribution in [0.15, 0.2) is 21.6 Å². The number of hydrogen-bond acceptors (Lipinski definition) is 0. The summed E-state index contributed by atoms with van der Waals surface area (Å²) in [4.78, 5) is 0. The molecule has 1 aliphatic rings. The molecule has 1 aliphatic carbocycles. The maximum Gasteiger partial charge on any atom is 0.132 e. The van der Waals surface area contributed by atoms with Gasteiger partial charge in [0.1, 0.15) is 5.83 Å². The van der Waals surface area contributed by atoms with Gasteiger partial charge in [-0.2, -0.15) is 0 Å². The minimum Gasteiger partial charge on any atom is -0.206 e. The van der Waals surface area contributed by atoms with Crippen molar-refractivity contribution in [3.8, 4) is 0 Å². The normalized spacial score (nSPS) is 22.5. The Morgan fingerprint density at radius 1 is 1.54 bits per heavy atom. The topological polar surface area (TPSA) is 0 Å². The lowest BCUT2D eigenvalue weighted by atomic mass is 9.94.